The van der Waals surface area contributed by atoms with Gasteiger partial charge in [-0.3, -0.25) is 4.79 Å². The van der Waals surface area contributed by atoms with E-state index in [1.54, 1.807) is 7.11 Å². The average Bonchev–Trinajstić information content (AvgIpc) is 3.30. The molecule has 0 spiro atoms. The number of rotatable bonds is 9. The Morgan fingerprint density at radius 2 is 1.73 bits per heavy atom. The van der Waals surface area contributed by atoms with E-state index in [1.165, 1.54) is 12.1 Å². The van der Waals surface area contributed by atoms with Crippen LogP contribution in [0.5, 0.6) is 0 Å². The number of hydrogen-bond acceptors (Lipinski definition) is 7. The smallest absolute Gasteiger partial charge is 0.254 e. The number of carbonyl (C=O) groups is 1. The lowest BCUT2D eigenvalue weighted by Gasteiger charge is -2.35. The van der Waals surface area contributed by atoms with Crippen molar-refractivity contribution in [3.63, 3.8) is 0 Å². The maximum absolute atomic E-state index is 13.7. The van der Waals surface area contributed by atoms with Gasteiger partial charge < -0.3 is 30.6 Å². The van der Waals surface area contributed by atoms with Crippen LogP contribution in [0.25, 0.3) is 0 Å². The second-order valence-corrected chi connectivity index (χ2v) is 11.5. The van der Waals surface area contributed by atoms with E-state index in [0.717, 1.165) is 60.4 Å². The molecule has 5 rings (SSSR count). The number of methoxy groups -OCH3 is 1. The topological polar surface area (TPSA) is 80.9 Å². The molecule has 0 bridgehead atoms. The summed E-state index contributed by atoms with van der Waals surface area (Å²) in [7, 11) is 3.78. The number of nitrogens with one attached hydrogen (secondary N) is 4. The van der Waals surface area contributed by atoms with Crippen LogP contribution in [0.15, 0.2) is 54.6 Å². The summed E-state index contributed by atoms with van der Waals surface area (Å²) in [6.45, 7) is 8.33. The van der Waals surface area contributed by atoms with Gasteiger partial charge in [-0.1, -0.05) is 6.07 Å². The van der Waals surface area contributed by atoms with Gasteiger partial charge in [-0.05, 0) is 80.9 Å². The van der Waals surface area contributed by atoms with Crippen molar-refractivity contribution in [3.05, 3.63) is 88.5 Å². The lowest BCUT2D eigenvalue weighted by Crippen LogP contribution is -2.44. The highest BCUT2D eigenvalue weighted by atomic mass is 19.1. The second-order valence-electron chi connectivity index (χ2n) is 11.5. The molecule has 0 saturated carbocycles. The fraction of sp³-hybridized carbons (Fsp3) is 0.387. The predicted octanol–water partition coefficient (Wildman–Crippen LogP) is 4.50. The van der Waals surface area contributed by atoms with Crippen LogP contribution in [0.1, 0.15) is 47.1 Å². The Morgan fingerprint density at radius 1 is 1.00 bits per heavy atom. The van der Waals surface area contributed by atoms with Gasteiger partial charge >= 0.3 is 0 Å². The third kappa shape index (κ3) is 6.95. The first-order valence-electron chi connectivity index (χ1n) is 13.8. The first-order valence-corrected chi connectivity index (χ1v) is 13.8. The molecular weight excluding hydrogens is 526 g/mol. The zero-order valence-electron chi connectivity index (χ0n) is 24.0. The van der Waals surface area contributed by atoms with Crippen LogP contribution in [0.2, 0.25) is 0 Å². The molecule has 1 atom stereocenters. The molecule has 3 aromatic carbocycles. The highest BCUT2D eigenvalue weighted by Gasteiger charge is 2.27. The maximum atomic E-state index is 13.7. The maximum Gasteiger partial charge on any atom is 0.254 e. The van der Waals surface area contributed by atoms with E-state index < -0.39 is 23.3 Å². The molecule has 1 amide bonds. The number of anilines is 3. The number of halogens is 2. The minimum atomic E-state index is -0.605. The monoisotopic (exact) mass is 564 g/mol. The lowest BCUT2D eigenvalue weighted by molar-refractivity contribution is 0.0933. The number of nitrogens with zero attached hydrogens (tertiary/aromatic N) is 2. The summed E-state index contributed by atoms with van der Waals surface area (Å²) in [6.07, 6.45) is -0.141. The van der Waals surface area contributed by atoms with E-state index in [2.05, 4.69) is 38.3 Å². The van der Waals surface area contributed by atoms with Crippen LogP contribution in [0, 0.1) is 11.6 Å². The van der Waals surface area contributed by atoms with Gasteiger partial charge in [0.2, 0.25) is 0 Å². The molecule has 1 saturated heterocycles. The molecule has 1 unspecified atom stereocenters. The van der Waals surface area contributed by atoms with E-state index in [-0.39, 0.29) is 5.91 Å². The summed E-state index contributed by atoms with van der Waals surface area (Å²) in [5.74, 6) is -1.45. The van der Waals surface area contributed by atoms with E-state index >= 15 is 0 Å². The van der Waals surface area contributed by atoms with Gasteiger partial charge in [0.15, 0.2) is 0 Å². The number of piperazine rings is 1. The first-order chi connectivity index (χ1) is 19.6. The van der Waals surface area contributed by atoms with E-state index in [9.17, 15) is 13.6 Å². The Morgan fingerprint density at radius 3 is 2.44 bits per heavy atom. The molecule has 3 aromatic rings. The Labute approximate surface area is 240 Å². The predicted molar refractivity (Wildman–Crippen MR) is 158 cm³/mol. The average molecular weight is 565 g/mol. The van der Waals surface area contributed by atoms with Crippen LogP contribution in [-0.2, 0) is 11.2 Å². The summed E-state index contributed by atoms with van der Waals surface area (Å²) in [5, 5.41) is 6.63. The molecule has 0 aromatic heterocycles. The Hall–Kier alpha value is -3.73. The van der Waals surface area contributed by atoms with Gasteiger partial charge in [0.1, 0.15) is 17.8 Å². The Balaban J connectivity index is 1.37. The molecular formula is C31H38F2N6O2. The minimum absolute atomic E-state index is 0.240. The minimum Gasteiger partial charge on any atom is -0.382 e. The second kappa shape index (κ2) is 12.0. The van der Waals surface area contributed by atoms with Crippen molar-refractivity contribution in [1.82, 2.24) is 15.6 Å². The molecule has 218 valence electrons. The molecule has 0 aliphatic carbocycles. The molecule has 10 heteroatoms. The Kier molecular flexibility index (Phi) is 8.44. The fourth-order valence-corrected chi connectivity index (χ4v) is 5.43. The highest BCUT2D eigenvalue weighted by molar-refractivity contribution is 6.00. The standard InChI is InChI=1S/C31H38F2N6O2/c1-31(2,19-41-4)35-28-18-24(39-11-9-38(3)10-12-39)6-7-25(28)30(40)34-29-26-16-20(5-8-27(26)36-37-29)13-21-14-22(32)17-23(33)15-21/h5-8,14-18,29,35-37H,9-13,19H2,1-4H3,(H,34,40). The summed E-state index contributed by atoms with van der Waals surface area (Å²) in [4.78, 5) is 18.3. The van der Waals surface area contributed by atoms with Gasteiger partial charge in [-0.2, -0.15) is 0 Å². The number of likely N-dealkylation sites (N-methyl/N-ethyl adjacent to an activating group) is 1. The quantitative estimate of drug-likeness (QED) is 0.305. The zero-order chi connectivity index (χ0) is 29.1. The van der Waals surface area contributed by atoms with E-state index in [0.29, 0.717) is 24.2 Å². The van der Waals surface area contributed by atoms with Crippen molar-refractivity contribution in [2.24, 2.45) is 0 Å². The molecule has 2 aliphatic heterocycles. The largest absolute Gasteiger partial charge is 0.382 e. The van der Waals surface area contributed by atoms with Crippen molar-refractivity contribution in [1.29, 1.82) is 0 Å². The summed E-state index contributed by atoms with van der Waals surface area (Å²) < 4.78 is 32.8. The third-order valence-corrected chi connectivity index (χ3v) is 7.48. The molecule has 4 N–H and O–H groups in total. The first kappa shape index (κ1) is 28.8. The number of hydrazine groups is 1. The van der Waals surface area contributed by atoms with Gasteiger partial charge in [0.05, 0.1) is 23.4 Å². The number of hydrogen-bond donors (Lipinski definition) is 4. The van der Waals surface area contributed by atoms with E-state index in [4.69, 9.17) is 4.74 Å². The SMILES string of the molecule is COCC(C)(C)Nc1cc(N2CCN(C)CC2)ccc1C(=O)NC1NNc2ccc(Cc3cc(F)cc(F)c3)cc21. The van der Waals surface area contributed by atoms with Gasteiger partial charge in [0, 0.05) is 56.3 Å². The molecule has 2 aliphatic rings. The third-order valence-electron chi connectivity index (χ3n) is 7.48. The number of benzene rings is 3. The summed E-state index contributed by atoms with van der Waals surface area (Å²) in [6, 6.07) is 15.2. The van der Waals surface area contributed by atoms with Crippen molar-refractivity contribution >= 4 is 23.0 Å². The molecule has 8 nitrogen and oxygen atoms in total. The number of carbonyl (C=O) groups excluding carboxylic acids is 1. The van der Waals surface area contributed by atoms with Gasteiger partial charge in [-0.25, -0.2) is 14.2 Å². The van der Waals surface area contributed by atoms with Crippen molar-refractivity contribution < 1.29 is 18.3 Å². The highest BCUT2D eigenvalue weighted by Crippen LogP contribution is 2.31. The lowest BCUT2D eigenvalue weighted by atomic mass is 10.0. The van der Waals surface area contributed by atoms with Crippen LogP contribution in [-0.4, -0.2) is 63.3 Å². The molecule has 41 heavy (non-hydrogen) atoms. The summed E-state index contributed by atoms with van der Waals surface area (Å²) >= 11 is 0. The Bertz CT molecular complexity index is 1390. The van der Waals surface area contributed by atoms with Crippen LogP contribution in [0.4, 0.5) is 25.8 Å². The van der Waals surface area contributed by atoms with Crippen molar-refractivity contribution in [2.45, 2.75) is 32.0 Å². The summed E-state index contributed by atoms with van der Waals surface area (Å²) in [5.41, 5.74) is 11.2. The number of ether oxygens (including phenoxy) is 1. The van der Waals surface area contributed by atoms with E-state index in [1.807, 2.05) is 50.2 Å². The van der Waals surface area contributed by atoms with Gasteiger partial charge in [-0.15, -0.1) is 0 Å². The molecule has 2 heterocycles. The van der Waals surface area contributed by atoms with Crippen LogP contribution >= 0.6 is 0 Å². The zero-order valence-corrected chi connectivity index (χ0v) is 24.0. The van der Waals surface area contributed by atoms with Crippen LogP contribution < -0.4 is 26.4 Å². The molecule has 1 fully saturated rings. The fourth-order valence-electron chi connectivity index (χ4n) is 5.43. The number of amides is 1. The van der Waals surface area contributed by atoms with Crippen molar-refractivity contribution in [3.8, 4) is 0 Å². The van der Waals surface area contributed by atoms with Crippen molar-refractivity contribution in [2.75, 3.05) is 62.6 Å². The number of fused-ring (bicyclic) bond motifs is 1. The molecule has 0 radical (unpaired) electrons. The van der Waals surface area contributed by atoms with Gasteiger partial charge in [0.25, 0.3) is 5.91 Å². The normalized spacial score (nSPS) is 17.2. The van der Waals surface area contributed by atoms with Crippen LogP contribution in [0.3, 0.4) is 0 Å².